The smallest absolute Gasteiger partial charge is 0.252 e. The summed E-state index contributed by atoms with van der Waals surface area (Å²) in [6.45, 7) is 2.47. The molecule has 0 spiro atoms. The first kappa shape index (κ1) is 21.1. The largest absolute Gasteiger partial charge is 0.368 e. The lowest BCUT2D eigenvalue weighted by Gasteiger charge is -2.38. The van der Waals surface area contributed by atoms with Gasteiger partial charge in [-0.2, -0.15) is 0 Å². The zero-order valence-corrected chi connectivity index (χ0v) is 17.0. The van der Waals surface area contributed by atoms with E-state index in [0.29, 0.717) is 26.2 Å². The van der Waals surface area contributed by atoms with Crippen LogP contribution in [0.15, 0.2) is 30.3 Å². The van der Waals surface area contributed by atoms with Gasteiger partial charge in [0.25, 0.3) is 5.91 Å². The molecule has 1 aromatic rings. The molecule has 7 heteroatoms. The van der Waals surface area contributed by atoms with Crippen molar-refractivity contribution in [2.75, 3.05) is 26.2 Å². The predicted molar refractivity (Wildman–Crippen MR) is 109 cm³/mol. The van der Waals surface area contributed by atoms with E-state index < -0.39 is 0 Å². The van der Waals surface area contributed by atoms with Crippen molar-refractivity contribution in [2.45, 2.75) is 56.2 Å². The van der Waals surface area contributed by atoms with Crippen molar-refractivity contribution in [3.8, 4) is 0 Å². The van der Waals surface area contributed by atoms with Gasteiger partial charge in [-0.3, -0.25) is 9.59 Å². The number of hydrogen-bond donors (Lipinski definition) is 1. The highest BCUT2D eigenvalue weighted by Gasteiger charge is 2.42. The Balaban J connectivity index is 0.00000225. The maximum Gasteiger partial charge on any atom is 0.252 e. The fraction of sp³-hybridized carbons (Fsp3) is 0.619. The van der Waals surface area contributed by atoms with Gasteiger partial charge < -0.3 is 20.3 Å². The molecule has 0 bridgehead atoms. The highest BCUT2D eigenvalue weighted by molar-refractivity contribution is 5.90. The van der Waals surface area contributed by atoms with Crippen LogP contribution in [0.2, 0.25) is 0 Å². The predicted octanol–water partition coefficient (Wildman–Crippen LogP) is 1.92. The summed E-state index contributed by atoms with van der Waals surface area (Å²) in [5, 5.41) is 0. The number of hydrogen-bond acceptors (Lipinski definition) is 4. The molecule has 154 valence electrons. The van der Waals surface area contributed by atoms with E-state index in [1.807, 2.05) is 23.1 Å². The lowest BCUT2D eigenvalue weighted by molar-refractivity contribution is -0.152. The third-order valence-electron chi connectivity index (χ3n) is 6.18. The average molecular weight is 408 g/mol. The molecule has 3 aliphatic rings. The number of nitrogens with zero attached hydrogens (tertiary/aromatic N) is 2. The van der Waals surface area contributed by atoms with E-state index in [0.717, 1.165) is 32.1 Å². The Labute approximate surface area is 172 Å². The van der Waals surface area contributed by atoms with E-state index in [4.69, 9.17) is 10.5 Å². The van der Waals surface area contributed by atoms with Gasteiger partial charge in [0, 0.05) is 38.2 Å². The lowest BCUT2D eigenvalue weighted by Crippen LogP contribution is -2.55. The number of ether oxygens (including phenoxy) is 1. The first-order chi connectivity index (χ1) is 13.1. The number of rotatable bonds is 3. The Morgan fingerprint density at radius 2 is 1.79 bits per heavy atom. The van der Waals surface area contributed by atoms with E-state index >= 15 is 0 Å². The van der Waals surface area contributed by atoms with Crippen LogP contribution in [0.1, 0.15) is 43.6 Å². The third kappa shape index (κ3) is 4.19. The average Bonchev–Trinajstić information content (AvgIpc) is 3.37. The zero-order valence-electron chi connectivity index (χ0n) is 16.2. The highest BCUT2D eigenvalue weighted by atomic mass is 35.5. The number of halogens is 1. The van der Waals surface area contributed by atoms with E-state index in [1.165, 1.54) is 5.56 Å². The molecule has 0 aliphatic carbocycles. The van der Waals surface area contributed by atoms with E-state index in [9.17, 15) is 9.59 Å². The Morgan fingerprint density at radius 3 is 2.50 bits per heavy atom. The molecule has 4 atom stereocenters. The summed E-state index contributed by atoms with van der Waals surface area (Å²) in [6.07, 6.45) is 3.99. The van der Waals surface area contributed by atoms with Crippen LogP contribution in [0.4, 0.5) is 0 Å². The molecule has 3 saturated heterocycles. The van der Waals surface area contributed by atoms with Crippen LogP contribution < -0.4 is 5.73 Å². The molecule has 3 aliphatic heterocycles. The quantitative estimate of drug-likeness (QED) is 0.830. The van der Waals surface area contributed by atoms with E-state index in [-0.39, 0.29) is 48.3 Å². The van der Waals surface area contributed by atoms with Gasteiger partial charge in [0.05, 0.1) is 0 Å². The number of piperidine rings is 1. The number of carbonyl (C=O) groups is 2. The molecule has 6 nitrogen and oxygen atoms in total. The summed E-state index contributed by atoms with van der Waals surface area (Å²) in [5.41, 5.74) is 7.55. The molecule has 2 amide bonds. The van der Waals surface area contributed by atoms with Crippen molar-refractivity contribution in [1.82, 2.24) is 9.80 Å². The second kappa shape index (κ2) is 9.25. The van der Waals surface area contributed by atoms with Gasteiger partial charge in [0.1, 0.15) is 12.1 Å². The maximum absolute atomic E-state index is 13.3. The molecule has 2 N–H and O–H groups in total. The van der Waals surface area contributed by atoms with Crippen LogP contribution in [-0.2, 0) is 14.3 Å². The Hall–Kier alpha value is -1.63. The number of carbonyl (C=O) groups excluding carboxylic acids is 2. The standard InChI is InChI=1S/C21H29N3O3.ClH/c22-17-14-23(13-16(17)15-7-2-1-3-8-15)20(25)18-9-4-5-11-24(18)21(26)19-10-6-12-27-19;/h1-3,7-8,16-19H,4-6,9-14,22H2;1H/t16-,17+,18?,19?;/m0./s1. The van der Waals surface area contributed by atoms with Crippen LogP contribution in [0.3, 0.4) is 0 Å². The van der Waals surface area contributed by atoms with Crippen LogP contribution in [0.5, 0.6) is 0 Å². The molecule has 1 aromatic carbocycles. The minimum absolute atomic E-state index is 0. The van der Waals surface area contributed by atoms with Gasteiger partial charge in [-0.1, -0.05) is 30.3 Å². The van der Waals surface area contributed by atoms with E-state index in [2.05, 4.69) is 12.1 Å². The Bertz CT molecular complexity index is 681. The lowest BCUT2D eigenvalue weighted by atomic mass is 9.95. The van der Waals surface area contributed by atoms with Gasteiger partial charge in [0.15, 0.2) is 0 Å². The summed E-state index contributed by atoms with van der Waals surface area (Å²) in [5.74, 6) is 0.199. The van der Waals surface area contributed by atoms with Gasteiger partial charge in [-0.15, -0.1) is 12.4 Å². The summed E-state index contributed by atoms with van der Waals surface area (Å²) < 4.78 is 5.58. The fourth-order valence-corrected chi connectivity index (χ4v) is 4.68. The van der Waals surface area contributed by atoms with Gasteiger partial charge in [0.2, 0.25) is 5.91 Å². The SMILES string of the molecule is Cl.N[C@@H]1CN(C(=O)C2CCCCN2C(=O)C2CCCO2)C[C@H]1c1ccccc1. The summed E-state index contributed by atoms with van der Waals surface area (Å²) in [4.78, 5) is 29.8. The molecule has 3 heterocycles. The minimum Gasteiger partial charge on any atom is -0.368 e. The van der Waals surface area contributed by atoms with Crippen molar-refractivity contribution in [1.29, 1.82) is 0 Å². The number of amides is 2. The van der Waals surface area contributed by atoms with Crippen molar-refractivity contribution in [3.05, 3.63) is 35.9 Å². The number of nitrogens with two attached hydrogens (primary N) is 1. The van der Waals surface area contributed by atoms with Crippen molar-refractivity contribution in [3.63, 3.8) is 0 Å². The highest BCUT2D eigenvalue weighted by Crippen LogP contribution is 2.29. The third-order valence-corrected chi connectivity index (χ3v) is 6.18. The van der Waals surface area contributed by atoms with Gasteiger partial charge >= 0.3 is 0 Å². The molecule has 2 unspecified atom stereocenters. The maximum atomic E-state index is 13.3. The molecule has 0 saturated carbocycles. The van der Waals surface area contributed by atoms with Crippen LogP contribution in [-0.4, -0.2) is 66.0 Å². The first-order valence-corrected chi connectivity index (χ1v) is 10.2. The van der Waals surface area contributed by atoms with Gasteiger partial charge in [-0.05, 0) is 37.7 Å². The Morgan fingerprint density at radius 1 is 1.00 bits per heavy atom. The molecule has 0 radical (unpaired) electrons. The molecular formula is C21H30ClN3O3. The topological polar surface area (TPSA) is 75.9 Å². The molecular weight excluding hydrogens is 378 g/mol. The van der Waals surface area contributed by atoms with Gasteiger partial charge in [-0.25, -0.2) is 0 Å². The monoisotopic (exact) mass is 407 g/mol. The van der Waals surface area contributed by atoms with Crippen LogP contribution >= 0.6 is 12.4 Å². The van der Waals surface area contributed by atoms with Crippen molar-refractivity contribution < 1.29 is 14.3 Å². The number of benzene rings is 1. The second-order valence-electron chi connectivity index (χ2n) is 7.97. The summed E-state index contributed by atoms with van der Waals surface area (Å²) in [6, 6.07) is 9.73. The summed E-state index contributed by atoms with van der Waals surface area (Å²) >= 11 is 0. The minimum atomic E-state index is -0.365. The molecule has 4 rings (SSSR count). The normalized spacial score (nSPS) is 30.2. The van der Waals surface area contributed by atoms with Crippen LogP contribution in [0.25, 0.3) is 0 Å². The number of likely N-dealkylation sites (tertiary alicyclic amines) is 2. The fourth-order valence-electron chi connectivity index (χ4n) is 4.68. The van der Waals surface area contributed by atoms with Crippen LogP contribution in [0, 0.1) is 0 Å². The molecule has 0 aromatic heterocycles. The molecule has 3 fully saturated rings. The zero-order chi connectivity index (χ0) is 18.8. The van der Waals surface area contributed by atoms with Crippen molar-refractivity contribution in [2.24, 2.45) is 5.73 Å². The molecule has 28 heavy (non-hydrogen) atoms. The second-order valence-corrected chi connectivity index (χ2v) is 7.97. The van der Waals surface area contributed by atoms with E-state index in [1.54, 1.807) is 4.90 Å². The first-order valence-electron chi connectivity index (χ1n) is 10.2. The summed E-state index contributed by atoms with van der Waals surface area (Å²) in [7, 11) is 0. The van der Waals surface area contributed by atoms with Crippen molar-refractivity contribution >= 4 is 24.2 Å². The Kier molecular flexibility index (Phi) is 6.96.